The van der Waals surface area contributed by atoms with E-state index in [1.807, 2.05) is 0 Å². The minimum absolute atomic E-state index is 0.0449. The molecule has 2 rings (SSSR count). The van der Waals surface area contributed by atoms with E-state index >= 15 is 0 Å². The standard InChI is InChI=1S/C15H12BrNO4/c1-2-20-14(18)12-4-3-5-13(17-12)15(19)21-11-8-6-10(16)7-9-11/h3-9H,2H2,1H3. The molecule has 0 unspecified atom stereocenters. The first-order chi connectivity index (χ1) is 10.1. The lowest BCUT2D eigenvalue weighted by Crippen LogP contribution is -2.14. The van der Waals surface area contributed by atoms with Crippen molar-refractivity contribution >= 4 is 27.9 Å². The summed E-state index contributed by atoms with van der Waals surface area (Å²) in [7, 11) is 0. The maximum absolute atomic E-state index is 12.0. The predicted octanol–water partition coefficient (Wildman–Crippen LogP) is 3.24. The Labute approximate surface area is 130 Å². The molecule has 5 nitrogen and oxygen atoms in total. The molecule has 1 aromatic heterocycles. The molecule has 0 aliphatic carbocycles. The van der Waals surface area contributed by atoms with Crippen molar-refractivity contribution < 1.29 is 19.1 Å². The third kappa shape index (κ3) is 4.13. The van der Waals surface area contributed by atoms with Crippen LogP contribution < -0.4 is 4.74 Å². The third-order valence-electron chi connectivity index (χ3n) is 2.47. The Bertz CT molecular complexity index is 655. The van der Waals surface area contributed by atoms with E-state index < -0.39 is 11.9 Å². The summed E-state index contributed by atoms with van der Waals surface area (Å²) in [5.41, 5.74) is 0.116. The molecule has 0 radical (unpaired) electrons. The van der Waals surface area contributed by atoms with Gasteiger partial charge in [-0.2, -0.15) is 0 Å². The Kier molecular flexibility index (Phi) is 5.05. The molecule has 0 aliphatic heterocycles. The van der Waals surface area contributed by atoms with E-state index in [2.05, 4.69) is 20.9 Å². The van der Waals surface area contributed by atoms with Crippen molar-refractivity contribution in [3.8, 4) is 5.75 Å². The monoisotopic (exact) mass is 349 g/mol. The fourth-order valence-corrected chi connectivity index (χ4v) is 1.79. The van der Waals surface area contributed by atoms with Crippen LogP contribution in [0.4, 0.5) is 0 Å². The molecule has 0 saturated heterocycles. The maximum atomic E-state index is 12.0. The highest BCUT2D eigenvalue weighted by atomic mass is 79.9. The number of pyridine rings is 1. The normalized spacial score (nSPS) is 10.0. The molecule has 0 saturated carbocycles. The van der Waals surface area contributed by atoms with Crippen LogP contribution in [0.3, 0.4) is 0 Å². The minimum atomic E-state index is -0.636. The molecule has 1 heterocycles. The summed E-state index contributed by atoms with van der Waals surface area (Å²) in [6.45, 7) is 1.94. The van der Waals surface area contributed by atoms with Crippen LogP contribution in [0.5, 0.6) is 5.75 Å². The number of hydrogen-bond donors (Lipinski definition) is 0. The molecule has 0 aliphatic rings. The summed E-state index contributed by atoms with van der Waals surface area (Å²) in [4.78, 5) is 27.5. The Morgan fingerprint density at radius 1 is 1.05 bits per heavy atom. The minimum Gasteiger partial charge on any atom is -0.461 e. The predicted molar refractivity (Wildman–Crippen MR) is 79.3 cm³/mol. The third-order valence-corrected chi connectivity index (χ3v) is 3.00. The average Bonchev–Trinajstić information content (AvgIpc) is 2.50. The molecular weight excluding hydrogens is 338 g/mol. The van der Waals surface area contributed by atoms with Crippen LogP contribution in [0.15, 0.2) is 46.9 Å². The first-order valence-corrected chi connectivity index (χ1v) is 7.01. The molecule has 108 valence electrons. The number of carbonyl (C=O) groups is 2. The zero-order valence-electron chi connectivity index (χ0n) is 11.2. The zero-order valence-corrected chi connectivity index (χ0v) is 12.8. The Balaban J connectivity index is 2.14. The molecule has 0 spiro atoms. The Morgan fingerprint density at radius 2 is 1.67 bits per heavy atom. The van der Waals surface area contributed by atoms with E-state index in [1.165, 1.54) is 12.1 Å². The van der Waals surface area contributed by atoms with E-state index in [4.69, 9.17) is 9.47 Å². The van der Waals surface area contributed by atoms with Crippen molar-refractivity contribution in [3.05, 3.63) is 58.3 Å². The number of rotatable bonds is 4. The Morgan fingerprint density at radius 3 is 2.29 bits per heavy atom. The maximum Gasteiger partial charge on any atom is 0.362 e. The van der Waals surface area contributed by atoms with Crippen LogP contribution in [0, 0.1) is 0 Å². The lowest BCUT2D eigenvalue weighted by molar-refractivity contribution is 0.0519. The molecule has 0 fully saturated rings. The van der Waals surface area contributed by atoms with Gasteiger partial charge in [0, 0.05) is 4.47 Å². The molecule has 0 amide bonds. The second-order valence-electron chi connectivity index (χ2n) is 3.97. The van der Waals surface area contributed by atoms with Crippen molar-refractivity contribution in [1.82, 2.24) is 4.98 Å². The molecular formula is C15H12BrNO4. The molecule has 0 N–H and O–H groups in total. The smallest absolute Gasteiger partial charge is 0.362 e. The number of ether oxygens (including phenoxy) is 2. The van der Waals surface area contributed by atoms with E-state index in [1.54, 1.807) is 37.3 Å². The highest BCUT2D eigenvalue weighted by molar-refractivity contribution is 9.10. The number of halogens is 1. The van der Waals surface area contributed by atoms with Gasteiger partial charge >= 0.3 is 11.9 Å². The summed E-state index contributed by atoms with van der Waals surface area (Å²) in [5.74, 6) is -0.814. The van der Waals surface area contributed by atoms with Crippen molar-refractivity contribution in [1.29, 1.82) is 0 Å². The molecule has 2 aromatic rings. The number of esters is 2. The topological polar surface area (TPSA) is 65.5 Å². The number of nitrogens with zero attached hydrogens (tertiary/aromatic N) is 1. The second kappa shape index (κ2) is 6.99. The van der Waals surface area contributed by atoms with E-state index in [0.717, 1.165) is 4.47 Å². The summed E-state index contributed by atoms with van der Waals surface area (Å²) in [6.07, 6.45) is 0. The molecule has 0 bridgehead atoms. The van der Waals surface area contributed by atoms with Gasteiger partial charge in [0.25, 0.3) is 0 Å². The molecule has 1 aromatic carbocycles. The van der Waals surface area contributed by atoms with Crippen molar-refractivity contribution in [2.75, 3.05) is 6.61 Å². The van der Waals surface area contributed by atoms with Crippen LogP contribution in [-0.2, 0) is 4.74 Å². The van der Waals surface area contributed by atoms with Gasteiger partial charge in [-0.1, -0.05) is 22.0 Å². The molecule has 21 heavy (non-hydrogen) atoms. The van der Waals surface area contributed by atoms with Crippen LogP contribution in [0.1, 0.15) is 27.9 Å². The number of carbonyl (C=O) groups excluding carboxylic acids is 2. The van der Waals surface area contributed by atoms with Gasteiger partial charge in [-0.3, -0.25) is 0 Å². The van der Waals surface area contributed by atoms with E-state index in [-0.39, 0.29) is 18.0 Å². The van der Waals surface area contributed by atoms with Gasteiger partial charge < -0.3 is 9.47 Å². The second-order valence-corrected chi connectivity index (χ2v) is 4.89. The average molecular weight is 350 g/mol. The largest absolute Gasteiger partial charge is 0.461 e. The molecule has 0 atom stereocenters. The van der Waals surface area contributed by atoms with Gasteiger partial charge in [-0.05, 0) is 43.3 Å². The fraction of sp³-hybridized carbons (Fsp3) is 0.133. The number of benzene rings is 1. The lowest BCUT2D eigenvalue weighted by atomic mass is 10.3. The molecule has 6 heteroatoms. The number of hydrogen-bond acceptors (Lipinski definition) is 5. The van der Waals surface area contributed by atoms with Crippen molar-refractivity contribution in [3.63, 3.8) is 0 Å². The van der Waals surface area contributed by atoms with Gasteiger partial charge in [-0.15, -0.1) is 0 Å². The van der Waals surface area contributed by atoms with E-state index in [0.29, 0.717) is 5.75 Å². The fourth-order valence-electron chi connectivity index (χ4n) is 1.53. The van der Waals surface area contributed by atoms with Crippen LogP contribution in [0.25, 0.3) is 0 Å². The summed E-state index contributed by atoms with van der Waals surface area (Å²) in [5, 5.41) is 0. The van der Waals surface area contributed by atoms with Crippen LogP contribution in [0.2, 0.25) is 0 Å². The Hall–Kier alpha value is -2.21. The van der Waals surface area contributed by atoms with E-state index in [9.17, 15) is 9.59 Å². The van der Waals surface area contributed by atoms with Crippen molar-refractivity contribution in [2.45, 2.75) is 6.92 Å². The SMILES string of the molecule is CCOC(=O)c1cccc(C(=O)Oc2ccc(Br)cc2)n1. The first-order valence-electron chi connectivity index (χ1n) is 6.22. The first kappa shape index (κ1) is 15.2. The van der Waals surface area contributed by atoms with Crippen LogP contribution in [-0.4, -0.2) is 23.5 Å². The van der Waals surface area contributed by atoms with Gasteiger partial charge in [0.15, 0.2) is 0 Å². The summed E-state index contributed by atoms with van der Waals surface area (Å²) in [6, 6.07) is 11.3. The zero-order chi connectivity index (χ0) is 15.2. The lowest BCUT2D eigenvalue weighted by Gasteiger charge is -2.05. The van der Waals surface area contributed by atoms with Gasteiger partial charge in [0.1, 0.15) is 17.1 Å². The van der Waals surface area contributed by atoms with Gasteiger partial charge in [-0.25, -0.2) is 14.6 Å². The van der Waals surface area contributed by atoms with Crippen molar-refractivity contribution in [2.24, 2.45) is 0 Å². The van der Waals surface area contributed by atoms with Crippen LogP contribution >= 0.6 is 15.9 Å². The van der Waals surface area contributed by atoms with Gasteiger partial charge in [0.2, 0.25) is 0 Å². The quantitative estimate of drug-likeness (QED) is 0.626. The summed E-state index contributed by atoms with van der Waals surface area (Å²) < 4.78 is 10.9. The number of aromatic nitrogens is 1. The van der Waals surface area contributed by atoms with Gasteiger partial charge in [0.05, 0.1) is 6.61 Å². The summed E-state index contributed by atoms with van der Waals surface area (Å²) >= 11 is 3.29. The highest BCUT2D eigenvalue weighted by Crippen LogP contribution is 2.17. The highest BCUT2D eigenvalue weighted by Gasteiger charge is 2.14.